The highest BCUT2D eigenvalue weighted by molar-refractivity contribution is 5.81. The number of halogens is 1. The molecule has 0 unspecified atom stereocenters. The third-order valence-electron chi connectivity index (χ3n) is 2.74. The molecule has 1 heterocycles. The number of benzene rings is 1. The number of carbonyl (C=O) groups excluding carboxylic acids is 1. The number of amides is 1. The van der Waals surface area contributed by atoms with Gasteiger partial charge in [0.05, 0.1) is 0 Å². The number of alkyl carbamates (subject to hydrolysis) is 1. The van der Waals surface area contributed by atoms with E-state index < -0.39 is 11.7 Å². The molecule has 1 aromatic heterocycles. The molecule has 2 N–H and O–H groups in total. The Morgan fingerprint density at radius 2 is 2.05 bits per heavy atom. The number of H-pyrrole nitrogens is 1. The Balaban J connectivity index is 2.09. The lowest BCUT2D eigenvalue weighted by Crippen LogP contribution is -2.32. The Morgan fingerprint density at radius 1 is 1.35 bits per heavy atom. The van der Waals surface area contributed by atoms with Crippen molar-refractivity contribution in [1.82, 2.24) is 10.3 Å². The monoisotopic (exact) mass is 278 g/mol. The van der Waals surface area contributed by atoms with E-state index in [2.05, 4.69) is 10.3 Å². The van der Waals surface area contributed by atoms with Crippen molar-refractivity contribution in [2.75, 3.05) is 0 Å². The molecule has 0 aliphatic heterocycles. The van der Waals surface area contributed by atoms with Crippen LogP contribution < -0.4 is 5.32 Å². The van der Waals surface area contributed by atoms with Crippen LogP contribution in [0.2, 0.25) is 0 Å². The van der Waals surface area contributed by atoms with Crippen LogP contribution in [0.15, 0.2) is 18.2 Å². The molecule has 0 fully saturated rings. The van der Waals surface area contributed by atoms with Crippen molar-refractivity contribution in [2.45, 2.75) is 39.8 Å². The average Bonchev–Trinajstić information content (AvgIpc) is 2.62. The Bertz CT molecular complexity index is 641. The third-order valence-corrected chi connectivity index (χ3v) is 2.74. The first-order chi connectivity index (χ1) is 9.24. The predicted octanol–water partition coefficient (Wildman–Crippen LogP) is 3.64. The second kappa shape index (κ2) is 5.15. The topological polar surface area (TPSA) is 54.1 Å². The van der Waals surface area contributed by atoms with Crippen LogP contribution in [-0.2, 0) is 11.3 Å². The maximum absolute atomic E-state index is 13.9. The molecular weight excluding hydrogens is 259 g/mol. The Labute approximate surface area is 117 Å². The van der Waals surface area contributed by atoms with Crippen molar-refractivity contribution in [2.24, 2.45) is 0 Å². The molecule has 0 radical (unpaired) electrons. The van der Waals surface area contributed by atoms with E-state index in [4.69, 9.17) is 4.74 Å². The zero-order chi connectivity index (χ0) is 14.9. The van der Waals surface area contributed by atoms with E-state index in [9.17, 15) is 9.18 Å². The first kappa shape index (κ1) is 14.4. The zero-order valence-corrected chi connectivity index (χ0v) is 12.1. The molecule has 4 nitrogen and oxygen atoms in total. The van der Waals surface area contributed by atoms with Gasteiger partial charge in [-0.2, -0.15) is 0 Å². The van der Waals surface area contributed by atoms with E-state index in [1.54, 1.807) is 26.8 Å². The van der Waals surface area contributed by atoms with Gasteiger partial charge in [0.1, 0.15) is 11.4 Å². The van der Waals surface area contributed by atoms with Gasteiger partial charge in [0.25, 0.3) is 0 Å². The predicted molar refractivity (Wildman–Crippen MR) is 76.1 cm³/mol. The van der Waals surface area contributed by atoms with Crippen molar-refractivity contribution in [1.29, 1.82) is 0 Å². The van der Waals surface area contributed by atoms with E-state index >= 15 is 0 Å². The Morgan fingerprint density at radius 3 is 2.70 bits per heavy atom. The Hall–Kier alpha value is -2.04. The summed E-state index contributed by atoms with van der Waals surface area (Å²) in [7, 11) is 0. The summed E-state index contributed by atoms with van der Waals surface area (Å²) in [4.78, 5) is 14.6. The summed E-state index contributed by atoms with van der Waals surface area (Å²) in [6, 6.07) is 5.10. The van der Waals surface area contributed by atoms with Gasteiger partial charge in [-0.15, -0.1) is 0 Å². The van der Waals surface area contributed by atoms with Crippen molar-refractivity contribution in [3.05, 3.63) is 35.3 Å². The maximum Gasteiger partial charge on any atom is 0.407 e. The molecule has 0 aliphatic carbocycles. The second-order valence-corrected chi connectivity index (χ2v) is 5.84. The summed E-state index contributed by atoms with van der Waals surface area (Å²) in [5.74, 6) is -0.351. The van der Waals surface area contributed by atoms with E-state index in [1.807, 2.05) is 13.0 Å². The Kier molecular flexibility index (Phi) is 3.70. The molecule has 20 heavy (non-hydrogen) atoms. The van der Waals surface area contributed by atoms with Crippen LogP contribution in [0.5, 0.6) is 0 Å². The van der Waals surface area contributed by atoms with Crippen molar-refractivity contribution < 1.29 is 13.9 Å². The molecule has 0 atom stereocenters. The third kappa shape index (κ3) is 3.50. The number of carbonyl (C=O) groups is 1. The van der Waals surface area contributed by atoms with Gasteiger partial charge < -0.3 is 15.0 Å². The summed E-state index contributed by atoms with van der Waals surface area (Å²) in [5, 5.41) is 3.48. The van der Waals surface area contributed by atoms with Gasteiger partial charge in [0.15, 0.2) is 0 Å². The van der Waals surface area contributed by atoms with Gasteiger partial charge in [-0.05, 0) is 45.9 Å². The highest BCUT2D eigenvalue weighted by Crippen LogP contribution is 2.20. The molecule has 1 amide bonds. The average molecular weight is 278 g/mol. The number of nitrogens with one attached hydrogen (secondary N) is 2. The zero-order valence-electron chi connectivity index (χ0n) is 12.1. The molecule has 0 bridgehead atoms. The van der Waals surface area contributed by atoms with Crippen LogP contribution in [0.1, 0.15) is 32.0 Å². The number of rotatable bonds is 2. The number of hydrogen-bond acceptors (Lipinski definition) is 2. The van der Waals surface area contributed by atoms with E-state index in [0.717, 1.165) is 16.6 Å². The van der Waals surface area contributed by atoms with Crippen molar-refractivity contribution in [3.63, 3.8) is 0 Å². The first-order valence-corrected chi connectivity index (χ1v) is 6.49. The number of hydrogen-bond donors (Lipinski definition) is 2. The molecule has 0 aliphatic rings. The minimum Gasteiger partial charge on any atom is -0.444 e. The van der Waals surface area contributed by atoms with Crippen LogP contribution in [-0.4, -0.2) is 16.7 Å². The summed E-state index contributed by atoms with van der Waals surface area (Å²) in [5.41, 5.74) is 1.59. The first-order valence-electron chi connectivity index (χ1n) is 6.49. The lowest BCUT2D eigenvalue weighted by molar-refractivity contribution is 0.0523. The molecule has 2 aromatic rings. The highest BCUT2D eigenvalue weighted by Gasteiger charge is 2.16. The number of aromatic nitrogens is 1. The molecule has 108 valence electrons. The van der Waals surface area contributed by atoms with E-state index in [-0.39, 0.29) is 12.4 Å². The van der Waals surface area contributed by atoms with Gasteiger partial charge in [-0.3, -0.25) is 0 Å². The largest absolute Gasteiger partial charge is 0.444 e. The van der Waals surface area contributed by atoms with E-state index in [0.29, 0.717) is 5.56 Å². The molecule has 0 saturated carbocycles. The van der Waals surface area contributed by atoms with E-state index in [1.165, 1.54) is 6.07 Å². The second-order valence-electron chi connectivity index (χ2n) is 5.84. The van der Waals surface area contributed by atoms with Gasteiger partial charge in [-0.1, -0.05) is 0 Å². The van der Waals surface area contributed by atoms with Gasteiger partial charge >= 0.3 is 6.09 Å². The molecule has 0 spiro atoms. The normalized spacial score (nSPS) is 11.7. The summed E-state index contributed by atoms with van der Waals surface area (Å²) in [6.07, 6.45) is -0.553. The van der Waals surface area contributed by atoms with Crippen LogP contribution in [0.4, 0.5) is 9.18 Å². The van der Waals surface area contributed by atoms with Crippen LogP contribution in [0.25, 0.3) is 10.9 Å². The minimum absolute atomic E-state index is 0.0981. The molecule has 5 heteroatoms. The maximum atomic E-state index is 13.9. The highest BCUT2D eigenvalue weighted by atomic mass is 19.1. The standard InChI is InChI=1S/C15H19FN2O2/c1-9-5-10-6-11(12(16)7-13(10)18-9)8-17-14(19)20-15(2,3)4/h5-7,18H,8H2,1-4H3,(H,17,19). The smallest absolute Gasteiger partial charge is 0.407 e. The van der Waals surface area contributed by atoms with Crippen LogP contribution >= 0.6 is 0 Å². The summed E-state index contributed by atoms with van der Waals surface area (Å²) >= 11 is 0. The van der Waals surface area contributed by atoms with Gasteiger partial charge in [0.2, 0.25) is 0 Å². The number of ether oxygens (including phenoxy) is 1. The quantitative estimate of drug-likeness (QED) is 0.881. The van der Waals surface area contributed by atoms with Gasteiger partial charge in [0, 0.05) is 28.7 Å². The molecule has 2 rings (SSSR count). The molecule has 1 aromatic carbocycles. The van der Waals surface area contributed by atoms with Gasteiger partial charge in [-0.25, -0.2) is 9.18 Å². The summed E-state index contributed by atoms with van der Waals surface area (Å²) in [6.45, 7) is 7.35. The fraction of sp³-hybridized carbons (Fsp3) is 0.400. The minimum atomic E-state index is -0.565. The van der Waals surface area contributed by atoms with Crippen molar-refractivity contribution >= 4 is 17.0 Å². The molecular formula is C15H19FN2O2. The van der Waals surface area contributed by atoms with Crippen LogP contribution in [0.3, 0.4) is 0 Å². The number of aromatic amines is 1. The fourth-order valence-electron chi connectivity index (χ4n) is 1.96. The number of fused-ring (bicyclic) bond motifs is 1. The van der Waals surface area contributed by atoms with Crippen LogP contribution in [0, 0.1) is 12.7 Å². The SMILES string of the molecule is Cc1cc2cc(CNC(=O)OC(C)(C)C)c(F)cc2[nH]1. The van der Waals surface area contributed by atoms with Crippen molar-refractivity contribution in [3.8, 4) is 0 Å². The fourth-order valence-corrected chi connectivity index (χ4v) is 1.96. The lowest BCUT2D eigenvalue weighted by atomic mass is 10.1. The molecule has 0 saturated heterocycles. The summed E-state index contributed by atoms with van der Waals surface area (Å²) < 4.78 is 19.0. The lowest BCUT2D eigenvalue weighted by Gasteiger charge is -2.19. The number of aryl methyl sites for hydroxylation is 1.